The van der Waals surface area contributed by atoms with Crippen molar-refractivity contribution in [1.29, 1.82) is 0 Å². The second-order valence-corrected chi connectivity index (χ2v) is 8.76. The number of nitrogens with zero attached hydrogens (tertiary/aromatic N) is 1. The number of anilines is 1. The third-order valence-electron chi connectivity index (χ3n) is 3.98. The van der Waals surface area contributed by atoms with Crippen molar-refractivity contribution in [2.24, 2.45) is 0 Å². The fourth-order valence-corrected chi connectivity index (χ4v) is 4.42. The summed E-state index contributed by atoms with van der Waals surface area (Å²) in [4.78, 5) is 17.0. The lowest BCUT2D eigenvalue weighted by molar-refractivity contribution is 0.102. The van der Waals surface area contributed by atoms with Crippen LogP contribution < -0.4 is 10.0 Å². The molecule has 1 amide bonds. The van der Waals surface area contributed by atoms with Crippen molar-refractivity contribution in [2.45, 2.75) is 24.7 Å². The molecule has 1 heterocycles. The van der Waals surface area contributed by atoms with Gasteiger partial charge in [-0.05, 0) is 24.6 Å². The Labute approximate surface area is 168 Å². The Bertz CT molecular complexity index is 1050. The number of sulfonamides is 1. The predicted octanol–water partition coefficient (Wildman–Crippen LogP) is 4.14. The third-order valence-corrected chi connectivity index (χ3v) is 6.33. The number of hydrogen-bond donors (Lipinski definition) is 2. The van der Waals surface area contributed by atoms with Crippen molar-refractivity contribution in [3.05, 3.63) is 65.7 Å². The van der Waals surface area contributed by atoms with E-state index in [2.05, 4.69) is 15.0 Å². The van der Waals surface area contributed by atoms with Gasteiger partial charge in [-0.1, -0.05) is 49.7 Å². The summed E-state index contributed by atoms with van der Waals surface area (Å²) in [5, 5.41) is 5.15. The number of rotatable bonds is 8. The Morgan fingerprint density at radius 2 is 1.89 bits per heavy atom. The molecule has 6 nitrogen and oxygen atoms in total. The van der Waals surface area contributed by atoms with Crippen LogP contribution in [0.3, 0.4) is 0 Å². The highest BCUT2D eigenvalue weighted by atomic mass is 32.2. The largest absolute Gasteiger partial charge is 0.321 e. The minimum atomic E-state index is -3.60. The molecular formula is C20H21N3O3S2. The van der Waals surface area contributed by atoms with Crippen LogP contribution in [-0.4, -0.2) is 25.9 Å². The van der Waals surface area contributed by atoms with E-state index in [1.165, 1.54) is 23.5 Å². The fourth-order valence-electron chi connectivity index (χ4n) is 2.49. The summed E-state index contributed by atoms with van der Waals surface area (Å²) >= 11 is 1.38. The maximum atomic E-state index is 12.5. The van der Waals surface area contributed by atoms with E-state index in [4.69, 9.17) is 0 Å². The van der Waals surface area contributed by atoms with Gasteiger partial charge in [0.2, 0.25) is 10.0 Å². The number of thiazole rings is 1. The van der Waals surface area contributed by atoms with Gasteiger partial charge in [0.25, 0.3) is 5.91 Å². The van der Waals surface area contributed by atoms with Crippen molar-refractivity contribution >= 4 is 33.0 Å². The highest BCUT2D eigenvalue weighted by Crippen LogP contribution is 2.24. The molecule has 3 aromatic rings. The van der Waals surface area contributed by atoms with Gasteiger partial charge in [-0.15, -0.1) is 11.3 Å². The van der Waals surface area contributed by atoms with Crippen LogP contribution in [0.4, 0.5) is 5.69 Å². The van der Waals surface area contributed by atoms with Crippen LogP contribution in [0.5, 0.6) is 0 Å². The van der Waals surface area contributed by atoms with E-state index in [1.54, 1.807) is 17.5 Å². The van der Waals surface area contributed by atoms with Crippen LogP contribution in [0.2, 0.25) is 0 Å². The van der Waals surface area contributed by atoms with E-state index in [1.807, 2.05) is 37.3 Å². The highest BCUT2D eigenvalue weighted by Gasteiger charge is 2.16. The van der Waals surface area contributed by atoms with Crippen molar-refractivity contribution in [1.82, 2.24) is 9.71 Å². The Kier molecular flexibility index (Phi) is 6.56. The molecule has 1 aromatic heterocycles. The number of amides is 1. The lowest BCUT2D eigenvalue weighted by atomic mass is 10.2. The number of carbonyl (C=O) groups is 1. The topological polar surface area (TPSA) is 88.2 Å². The lowest BCUT2D eigenvalue weighted by Crippen LogP contribution is -2.24. The van der Waals surface area contributed by atoms with E-state index in [9.17, 15) is 13.2 Å². The summed E-state index contributed by atoms with van der Waals surface area (Å²) in [5.41, 5.74) is 1.63. The number of nitrogens with one attached hydrogen (secondary N) is 2. The number of benzene rings is 2. The summed E-state index contributed by atoms with van der Waals surface area (Å²) in [6.07, 6.45) is 1.67. The average molecular weight is 416 g/mol. The molecule has 0 unspecified atom stereocenters. The van der Waals surface area contributed by atoms with Gasteiger partial charge in [0.05, 0.1) is 4.90 Å². The van der Waals surface area contributed by atoms with Gasteiger partial charge in [-0.3, -0.25) is 4.79 Å². The Hall–Kier alpha value is -2.55. The highest BCUT2D eigenvalue weighted by molar-refractivity contribution is 7.89. The molecular weight excluding hydrogens is 394 g/mol. The standard InChI is InChI=1S/C20H21N3O3S2/c1-2-3-12-21-28(25,26)17-11-7-10-16(13-17)22-19(24)18-14-27-20(23-18)15-8-5-4-6-9-15/h4-11,13-14,21H,2-3,12H2,1H3,(H,22,24). The van der Waals surface area contributed by atoms with Gasteiger partial charge in [-0.2, -0.15) is 0 Å². The number of hydrogen-bond acceptors (Lipinski definition) is 5. The first kappa shape index (κ1) is 20.2. The summed E-state index contributed by atoms with van der Waals surface area (Å²) in [6.45, 7) is 2.38. The van der Waals surface area contributed by atoms with Crippen LogP contribution in [0.25, 0.3) is 10.6 Å². The van der Waals surface area contributed by atoms with E-state index >= 15 is 0 Å². The van der Waals surface area contributed by atoms with E-state index in [0.29, 0.717) is 12.2 Å². The monoisotopic (exact) mass is 415 g/mol. The van der Waals surface area contributed by atoms with Crippen LogP contribution in [0, 0.1) is 0 Å². The molecule has 146 valence electrons. The van der Waals surface area contributed by atoms with Crippen molar-refractivity contribution in [3.63, 3.8) is 0 Å². The van der Waals surface area contributed by atoms with Gasteiger partial charge in [-0.25, -0.2) is 18.1 Å². The van der Waals surface area contributed by atoms with Crippen LogP contribution in [0.15, 0.2) is 64.9 Å². The quantitative estimate of drug-likeness (QED) is 0.541. The number of carbonyl (C=O) groups excluding carboxylic acids is 1. The van der Waals surface area contributed by atoms with Gasteiger partial charge in [0, 0.05) is 23.2 Å². The Morgan fingerprint density at radius 1 is 1.11 bits per heavy atom. The molecule has 0 atom stereocenters. The molecule has 8 heteroatoms. The average Bonchev–Trinajstić information content (AvgIpc) is 3.19. The first-order valence-electron chi connectivity index (χ1n) is 8.91. The van der Waals surface area contributed by atoms with E-state index in [-0.39, 0.29) is 16.5 Å². The zero-order valence-electron chi connectivity index (χ0n) is 15.4. The molecule has 0 spiro atoms. The molecule has 28 heavy (non-hydrogen) atoms. The van der Waals surface area contributed by atoms with E-state index < -0.39 is 10.0 Å². The predicted molar refractivity (Wildman–Crippen MR) is 112 cm³/mol. The molecule has 0 saturated heterocycles. The van der Waals surface area contributed by atoms with Gasteiger partial charge in [0.15, 0.2) is 0 Å². The minimum Gasteiger partial charge on any atom is -0.321 e. The molecule has 0 saturated carbocycles. The van der Waals surface area contributed by atoms with Crippen molar-refractivity contribution in [3.8, 4) is 10.6 Å². The molecule has 0 aliphatic heterocycles. The first-order chi connectivity index (χ1) is 13.5. The number of aromatic nitrogens is 1. The summed E-state index contributed by atoms with van der Waals surface area (Å²) in [5.74, 6) is -0.382. The van der Waals surface area contributed by atoms with Crippen molar-refractivity contribution < 1.29 is 13.2 Å². The molecule has 0 bridgehead atoms. The number of unbranched alkanes of at least 4 members (excludes halogenated alkanes) is 1. The van der Waals surface area contributed by atoms with Gasteiger partial charge in [0.1, 0.15) is 10.7 Å². The Balaban J connectivity index is 1.72. The molecule has 2 N–H and O–H groups in total. The minimum absolute atomic E-state index is 0.115. The summed E-state index contributed by atoms with van der Waals surface area (Å²) in [7, 11) is -3.60. The molecule has 0 aliphatic rings. The summed E-state index contributed by atoms with van der Waals surface area (Å²) < 4.78 is 27.2. The molecule has 0 radical (unpaired) electrons. The molecule has 0 fully saturated rings. The van der Waals surface area contributed by atoms with Crippen molar-refractivity contribution in [2.75, 3.05) is 11.9 Å². The third kappa shape index (κ3) is 5.03. The zero-order chi connectivity index (χ0) is 20.0. The van der Waals surface area contributed by atoms with E-state index in [0.717, 1.165) is 23.4 Å². The van der Waals surface area contributed by atoms with Gasteiger partial charge >= 0.3 is 0 Å². The SMILES string of the molecule is CCCCNS(=O)(=O)c1cccc(NC(=O)c2csc(-c3ccccc3)n2)c1. The van der Waals surface area contributed by atoms with Crippen LogP contribution in [-0.2, 0) is 10.0 Å². The molecule has 0 aliphatic carbocycles. The zero-order valence-corrected chi connectivity index (χ0v) is 17.0. The second-order valence-electron chi connectivity index (χ2n) is 6.14. The van der Waals surface area contributed by atoms with Crippen LogP contribution >= 0.6 is 11.3 Å². The molecule has 2 aromatic carbocycles. The second kappa shape index (κ2) is 9.09. The van der Waals surface area contributed by atoms with Gasteiger partial charge < -0.3 is 5.32 Å². The lowest BCUT2D eigenvalue weighted by Gasteiger charge is -2.08. The molecule has 3 rings (SSSR count). The smallest absolute Gasteiger partial charge is 0.275 e. The maximum absolute atomic E-state index is 12.5. The maximum Gasteiger partial charge on any atom is 0.275 e. The summed E-state index contributed by atoms with van der Waals surface area (Å²) in [6, 6.07) is 15.8. The Morgan fingerprint density at radius 3 is 2.64 bits per heavy atom. The first-order valence-corrected chi connectivity index (χ1v) is 11.3. The normalized spacial score (nSPS) is 11.3. The fraction of sp³-hybridized carbons (Fsp3) is 0.200. The van der Waals surface area contributed by atoms with Crippen LogP contribution in [0.1, 0.15) is 30.3 Å².